The van der Waals surface area contributed by atoms with Gasteiger partial charge in [-0.3, -0.25) is 0 Å². The fourth-order valence-electron chi connectivity index (χ4n) is 4.84. The van der Waals surface area contributed by atoms with Gasteiger partial charge in [0.2, 0.25) is 0 Å². The van der Waals surface area contributed by atoms with E-state index in [9.17, 15) is 5.11 Å². The minimum Gasteiger partial charge on any atom is -0.493 e. The molecule has 0 aliphatic carbocycles. The van der Waals surface area contributed by atoms with Crippen LogP contribution in [0.25, 0.3) is 6.08 Å². The zero-order valence-electron chi connectivity index (χ0n) is 22.4. The fourth-order valence-corrected chi connectivity index (χ4v) is 4.84. The summed E-state index contributed by atoms with van der Waals surface area (Å²) in [5.74, 6) is 0.980. The molecule has 0 saturated heterocycles. The fraction of sp³-hybridized carbons (Fsp3) is 0.548. The third-order valence-corrected chi connectivity index (χ3v) is 7.66. The molecule has 3 N–H and O–H groups in total. The molecule has 2 aromatic carbocycles. The molecule has 188 valence electrons. The summed E-state index contributed by atoms with van der Waals surface area (Å²) in [4.78, 5) is 0. The van der Waals surface area contributed by atoms with E-state index in [1.54, 1.807) is 0 Å². The van der Waals surface area contributed by atoms with Crippen LogP contribution in [0.1, 0.15) is 100 Å². The standard InChI is InChI=1S/C31H47NO2/c1-7-30(33,8-2)19-18-26-14-15-27(22-24(26)5)31(9-3,10-4)28-16-17-29(25(6)23-28)34-21-13-11-12-20-32/h14-19,22-23,33H,7-13,20-21,32H2,1-6H3/b19-18+. The summed E-state index contributed by atoms with van der Waals surface area (Å²) in [5, 5.41) is 10.6. The van der Waals surface area contributed by atoms with Crippen LogP contribution < -0.4 is 10.5 Å². The number of unbranched alkanes of at least 4 members (excludes halogenated alkanes) is 2. The van der Waals surface area contributed by atoms with Crippen molar-refractivity contribution < 1.29 is 9.84 Å². The van der Waals surface area contributed by atoms with Gasteiger partial charge in [-0.1, -0.05) is 70.2 Å². The Hall–Kier alpha value is -2.10. The van der Waals surface area contributed by atoms with Crippen LogP contribution in [0.2, 0.25) is 0 Å². The largest absolute Gasteiger partial charge is 0.493 e. The summed E-state index contributed by atoms with van der Waals surface area (Å²) < 4.78 is 6.06. The van der Waals surface area contributed by atoms with Crippen LogP contribution in [0.3, 0.4) is 0 Å². The third kappa shape index (κ3) is 6.73. The highest BCUT2D eigenvalue weighted by atomic mass is 16.5. The zero-order chi connectivity index (χ0) is 25.2. The number of aryl methyl sites for hydroxylation is 2. The van der Waals surface area contributed by atoms with Crippen LogP contribution in [0, 0.1) is 13.8 Å². The number of hydrogen-bond acceptors (Lipinski definition) is 3. The van der Waals surface area contributed by atoms with Gasteiger partial charge in [-0.15, -0.1) is 0 Å². The van der Waals surface area contributed by atoms with Crippen LogP contribution in [0.4, 0.5) is 0 Å². The van der Waals surface area contributed by atoms with Gasteiger partial charge in [-0.05, 0) is 99.2 Å². The maximum atomic E-state index is 10.6. The predicted octanol–water partition coefficient (Wildman–Crippen LogP) is 7.48. The van der Waals surface area contributed by atoms with Gasteiger partial charge in [0.15, 0.2) is 0 Å². The van der Waals surface area contributed by atoms with Crippen molar-refractivity contribution in [1.29, 1.82) is 0 Å². The normalized spacial score (nSPS) is 12.5. The lowest BCUT2D eigenvalue weighted by Gasteiger charge is -2.34. The number of nitrogens with two attached hydrogens (primary N) is 1. The van der Waals surface area contributed by atoms with Gasteiger partial charge < -0.3 is 15.6 Å². The van der Waals surface area contributed by atoms with Crippen molar-refractivity contribution in [3.8, 4) is 5.75 Å². The number of aliphatic hydroxyl groups is 1. The van der Waals surface area contributed by atoms with E-state index in [-0.39, 0.29) is 5.41 Å². The van der Waals surface area contributed by atoms with Gasteiger partial charge in [0.05, 0.1) is 12.2 Å². The van der Waals surface area contributed by atoms with E-state index in [1.807, 2.05) is 19.9 Å². The molecule has 0 radical (unpaired) electrons. The van der Waals surface area contributed by atoms with Crippen LogP contribution in [-0.4, -0.2) is 23.9 Å². The predicted molar refractivity (Wildman–Crippen MR) is 147 cm³/mol. The minimum absolute atomic E-state index is 0.0367. The smallest absolute Gasteiger partial charge is 0.122 e. The highest BCUT2D eigenvalue weighted by Gasteiger charge is 2.31. The van der Waals surface area contributed by atoms with Crippen molar-refractivity contribution in [2.45, 2.75) is 97.5 Å². The molecule has 3 heteroatoms. The Bertz CT molecular complexity index is 923. The number of benzene rings is 2. The molecule has 0 bridgehead atoms. The first-order chi connectivity index (χ1) is 16.3. The van der Waals surface area contributed by atoms with Crippen molar-refractivity contribution in [2.75, 3.05) is 13.2 Å². The van der Waals surface area contributed by atoms with Gasteiger partial charge in [0.25, 0.3) is 0 Å². The lowest BCUT2D eigenvalue weighted by Crippen LogP contribution is -2.26. The lowest BCUT2D eigenvalue weighted by molar-refractivity contribution is 0.0836. The van der Waals surface area contributed by atoms with Crippen LogP contribution >= 0.6 is 0 Å². The van der Waals surface area contributed by atoms with Crippen molar-refractivity contribution >= 4 is 6.08 Å². The van der Waals surface area contributed by atoms with Gasteiger partial charge in [-0.2, -0.15) is 0 Å². The molecule has 0 aromatic heterocycles. The molecule has 0 fully saturated rings. The Morgan fingerprint density at radius 2 is 1.44 bits per heavy atom. The molecule has 0 amide bonds. The second-order valence-corrected chi connectivity index (χ2v) is 9.68. The Kier molecular flexibility index (Phi) is 10.9. The molecule has 34 heavy (non-hydrogen) atoms. The molecule has 0 heterocycles. The molecule has 2 rings (SSSR count). The summed E-state index contributed by atoms with van der Waals surface area (Å²) in [6, 6.07) is 13.5. The Morgan fingerprint density at radius 1 is 0.824 bits per heavy atom. The van der Waals surface area contributed by atoms with Crippen molar-refractivity contribution in [3.05, 3.63) is 70.3 Å². The first kappa shape index (κ1) is 28.1. The van der Waals surface area contributed by atoms with E-state index < -0.39 is 5.60 Å². The van der Waals surface area contributed by atoms with Crippen molar-refractivity contribution in [3.63, 3.8) is 0 Å². The Morgan fingerprint density at radius 3 is 1.97 bits per heavy atom. The van der Waals surface area contributed by atoms with Gasteiger partial charge >= 0.3 is 0 Å². The Labute approximate surface area is 208 Å². The number of ether oxygens (including phenoxy) is 1. The zero-order valence-corrected chi connectivity index (χ0v) is 22.4. The van der Waals surface area contributed by atoms with E-state index in [1.165, 1.54) is 27.8 Å². The molecule has 0 aliphatic heterocycles. The van der Waals surface area contributed by atoms with Gasteiger partial charge in [0, 0.05) is 5.41 Å². The summed E-state index contributed by atoms with van der Waals surface area (Å²) >= 11 is 0. The second kappa shape index (κ2) is 13.1. The van der Waals surface area contributed by atoms with E-state index in [4.69, 9.17) is 10.5 Å². The summed E-state index contributed by atoms with van der Waals surface area (Å²) in [7, 11) is 0. The van der Waals surface area contributed by atoms with E-state index in [0.717, 1.165) is 63.8 Å². The molecular weight excluding hydrogens is 418 g/mol. The average Bonchev–Trinajstić information content (AvgIpc) is 2.85. The summed E-state index contributed by atoms with van der Waals surface area (Å²) in [6.07, 6.45) is 10.8. The lowest BCUT2D eigenvalue weighted by atomic mass is 9.70. The van der Waals surface area contributed by atoms with E-state index in [2.05, 4.69) is 70.2 Å². The van der Waals surface area contributed by atoms with E-state index >= 15 is 0 Å². The van der Waals surface area contributed by atoms with Gasteiger partial charge in [0.1, 0.15) is 5.75 Å². The first-order valence-corrected chi connectivity index (χ1v) is 13.3. The molecule has 3 nitrogen and oxygen atoms in total. The molecule has 2 aromatic rings. The second-order valence-electron chi connectivity index (χ2n) is 9.68. The van der Waals surface area contributed by atoms with Crippen LogP contribution in [0.5, 0.6) is 5.75 Å². The Balaban J connectivity index is 2.31. The summed E-state index contributed by atoms with van der Waals surface area (Å²) in [5.41, 5.74) is 11.1. The molecular formula is C31H47NO2. The quantitative estimate of drug-likeness (QED) is 0.284. The highest BCUT2D eigenvalue weighted by molar-refractivity contribution is 5.57. The topological polar surface area (TPSA) is 55.5 Å². The summed E-state index contributed by atoms with van der Waals surface area (Å²) in [6.45, 7) is 14.4. The average molecular weight is 466 g/mol. The minimum atomic E-state index is -0.729. The SMILES string of the molecule is CCC(O)(/C=C/c1ccc(C(CC)(CC)c2ccc(OCCCCCN)c(C)c2)cc1C)CC. The number of hydrogen-bond donors (Lipinski definition) is 2. The van der Waals surface area contributed by atoms with Crippen LogP contribution in [-0.2, 0) is 5.41 Å². The maximum Gasteiger partial charge on any atom is 0.122 e. The van der Waals surface area contributed by atoms with Crippen molar-refractivity contribution in [1.82, 2.24) is 0 Å². The van der Waals surface area contributed by atoms with Crippen LogP contribution in [0.15, 0.2) is 42.5 Å². The molecule has 0 saturated carbocycles. The molecule has 0 spiro atoms. The molecule has 0 aliphatic rings. The number of rotatable bonds is 14. The highest BCUT2D eigenvalue weighted by Crippen LogP contribution is 2.41. The molecule has 0 unspecified atom stereocenters. The third-order valence-electron chi connectivity index (χ3n) is 7.66. The first-order valence-electron chi connectivity index (χ1n) is 13.3. The monoisotopic (exact) mass is 465 g/mol. The van der Waals surface area contributed by atoms with E-state index in [0.29, 0.717) is 0 Å². The van der Waals surface area contributed by atoms with Gasteiger partial charge in [-0.25, -0.2) is 0 Å². The van der Waals surface area contributed by atoms with Crippen molar-refractivity contribution in [2.24, 2.45) is 5.73 Å². The molecule has 0 atom stereocenters. The maximum absolute atomic E-state index is 10.6.